The standard InChI is InChI=1S/C10H12O2S2/c1-12-8-3-5-14-10(8)9(11)7-2-4-13-6-7/h3,5,7H,2,4,6H2,1H3. The number of methoxy groups -OCH3 is 1. The molecule has 1 aromatic heterocycles. The van der Waals surface area contributed by atoms with Crippen LogP contribution in [-0.4, -0.2) is 24.4 Å². The zero-order valence-electron chi connectivity index (χ0n) is 7.99. The molecule has 0 spiro atoms. The molecule has 0 aliphatic carbocycles. The minimum Gasteiger partial charge on any atom is -0.495 e. The van der Waals surface area contributed by atoms with Crippen molar-refractivity contribution in [1.82, 2.24) is 0 Å². The van der Waals surface area contributed by atoms with Crippen molar-refractivity contribution >= 4 is 28.9 Å². The summed E-state index contributed by atoms with van der Waals surface area (Å²) in [4.78, 5) is 12.8. The molecule has 1 aromatic rings. The quantitative estimate of drug-likeness (QED) is 0.744. The van der Waals surface area contributed by atoms with Gasteiger partial charge in [-0.3, -0.25) is 4.79 Å². The van der Waals surface area contributed by atoms with Crippen LogP contribution in [0.15, 0.2) is 11.4 Å². The molecule has 1 fully saturated rings. The predicted octanol–water partition coefficient (Wildman–Crippen LogP) is 2.69. The fourth-order valence-corrected chi connectivity index (χ4v) is 3.66. The molecule has 0 N–H and O–H groups in total. The average molecular weight is 228 g/mol. The van der Waals surface area contributed by atoms with Gasteiger partial charge in [0.15, 0.2) is 5.78 Å². The molecule has 14 heavy (non-hydrogen) atoms. The van der Waals surface area contributed by atoms with Gasteiger partial charge in [0.2, 0.25) is 0 Å². The highest BCUT2D eigenvalue weighted by Crippen LogP contribution is 2.32. The van der Waals surface area contributed by atoms with Gasteiger partial charge >= 0.3 is 0 Å². The maximum Gasteiger partial charge on any atom is 0.180 e. The van der Waals surface area contributed by atoms with Crippen LogP contribution in [0.2, 0.25) is 0 Å². The number of thiophene rings is 1. The molecule has 1 atom stereocenters. The van der Waals surface area contributed by atoms with Crippen molar-refractivity contribution in [3.63, 3.8) is 0 Å². The zero-order valence-corrected chi connectivity index (χ0v) is 9.62. The normalized spacial score (nSPS) is 21.1. The number of Topliss-reactive ketones (excluding diaryl/α,β-unsaturated/α-hetero) is 1. The van der Waals surface area contributed by atoms with E-state index >= 15 is 0 Å². The number of rotatable bonds is 3. The maximum absolute atomic E-state index is 12.0. The van der Waals surface area contributed by atoms with Gasteiger partial charge in [-0.2, -0.15) is 11.8 Å². The Morgan fingerprint density at radius 3 is 3.14 bits per heavy atom. The lowest BCUT2D eigenvalue weighted by atomic mass is 10.0. The monoisotopic (exact) mass is 228 g/mol. The van der Waals surface area contributed by atoms with E-state index in [1.54, 1.807) is 7.11 Å². The van der Waals surface area contributed by atoms with Crippen LogP contribution in [0, 0.1) is 5.92 Å². The summed E-state index contributed by atoms with van der Waals surface area (Å²) < 4.78 is 5.15. The number of carbonyl (C=O) groups excluding carboxylic acids is 1. The van der Waals surface area contributed by atoms with Crippen LogP contribution in [0.4, 0.5) is 0 Å². The first-order chi connectivity index (χ1) is 6.83. The Morgan fingerprint density at radius 2 is 2.50 bits per heavy atom. The highest BCUT2D eigenvalue weighted by atomic mass is 32.2. The molecular weight excluding hydrogens is 216 g/mol. The van der Waals surface area contributed by atoms with E-state index in [0.29, 0.717) is 0 Å². The molecule has 0 amide bonds. The summed E-state index contributed by atoms with van der Waals surface area (Å²) in [6, 6.07) is 1.86. The fourth-order valence-electron chi connectivity index (χ4n) is 1.56. The molecule has 2 heterocycles. The van der Waals surface area contributed by atoms with Gasteiger partial charge in [-0.1, -0.05) is 0 Å². The van der Waals surface area contributed by atoms with Gasteiger partial charge in [-0.25, -0.2) is 0 Å². The van der Waals surface area contributed by atoms with E-state index in [1.165, 1.54) is 11.3 Å². The summed E-state index contributed by atoms with van der Waals surface area (Å²) in [5, 5.41) is 1.91. The van der Waals surface area contributed by atoms with Gasteiger partial charge in [-0.15, -0.1) is 11.3 Å². The summed E-state index contributed by atoms with van der Waals surface area (Å²) in [5.41, 5.74) is 0. The molecular formula is C10H12O2S2. The first-order valence-corrected chi connectivity index (χ1v) is 6.60. The highest BCUT2D eigenvalue weighted by molar-refractivity contribution is 7.99. The van der Waals surface area contributed by atoms with Gasteiger partial charge < -0.3 is 4.74 Å². The lowest BCUT2D eigenvalue weighted by Gasteiger charge is -2.06. The van der Waals surface area contributed by atoms with Gasteiger partial charge in [0.25, 0.3) is 0 Å². The van der Waals surface area contributed by atoms with Crippen LogP contribution in [0.1, 0.15) is 16.1 Å². The van der Waals surface area contributed by atoms with Crippen molar-refractivity contribution in [3.8, 4) is 5.75 Å². The fraction of sp³-hybridized carbons (Fsp3) is 0.500. The van der Waals surface area contributed by atoms with E-state index in [-0.39, 0.29) is 11.7 Å². The Labute approximate surface area is 91.7 Å². The van der Waals surface area contributed by atoms with E-state index in [4.69, 9.17) is 4.74 Å². The predicted molar refractivity (Wildman–Crippen MR) is 60.6 cm³/mol. The summed E-state index contributed by atoms with van der Waals surface area (Å²) in [6.45, 7) is 0. The number of hydrogen-bond acceptors (Lipinski definition) is 4. The van der Waals surface area contributed by atoms with E-state index < -0.39 is 0 Å². The number of ether oxygens (including phenoxy) is 1. The second-order valence-corrected chi connectivity index (χ2v) is 5.31. The second-order valence-electron chi connectivity index (χ2n) is 3.24. The Hall–Kier alpha value is -0.480. The molecule has 1 saturated heterocycles. The highest BCUT2D eigenvalue weighted by Gasteiger charge is 2.27. The van der Waals surface area contributed by atoms with Crippen LogP contribution in [-0.2, 0) is 0 Å². The largest absolute Gasteiger partial charge is 0.495 e. The Balaban J connectivity index is 2.17. The second kappa shape index (κ2) is 4.36. The van der Waals surface area contributed by atoms with Gasteiger partial charge in [0.05, 0.1) is 7.11 Å². The van der Waals surface area contributed by atoms with Gasteiger partial charge in [-0.05, 0) is 23.6 Å². The van der Waals surface area contributed by atoms with E-state index in [2.05, 4.69) is 0 Å². The van der Waals surface area contributed by atoms with Crippen LogP contribution in [0.25, 0.3) is 0 Å². The third-order valence-corrected chi connectivity index (χ3v) is 4.45. The number of ketones is 1. The van der Waals surface area contributed by atoms with E-state index in [9.17, 15) is 4.79 Å². The minimum atomic E-state index is 0.215. The molecule has 0 radical (unpaired) electrons. The van der Waals surface area contributed by atoms with Crippen molar-refractivity contribution in [2.24, 2.45) is 5.92 Å². The Kier molecular flexibility index (Phi) is 3.13. The summed E-state index contributed by atoms with van der Waals surface area (Å²) in [6.07, 6.45) is 1.02. The molecule has 1 aliphatic rings. The smallest absolute Gasteiger partial charge is 0.180 e. The SMILES string of the molecule is COc1ccsc1C(=O)C1CCSC1. The molecule has 76 valence electrons. The molecule has 0 bridgehead atoms. The first-order valence-electron chi connectivity index (χ1n) is 4.56. The molecule has 1 unspecified atom stereocenters. The molecule has 4 heteroatoms. The molecule has 2 rings (SSSR count). The first kappa shape index (κ1) is 10.1. The summed E-state index contributed by atoms with van der Waals surface area (Å²) in [5.74, 6) is 3.30. The number of hydrogen-bond donors (Lipinski definition) is 0. The zero-order chi connectivity index (χ0) is 9.97. The van der Waals surface area contributed by atoms with Gasteiger partial charge in [0.1, 0.15) is 10.6 Å². The lowest BCUT2D eigenvalue weighted by molar-refractivity contribution is 0.0935. The molecule has 0 saturated carbocycles. The average Bonchev–Trinajstić information content (AvgIpc) is 2.87. The van der Waals surface area contributed by atoms with Crippen molar-refractivity contribution in [2.45, 2.75) is 6.42 Å². The summed E-state index contributed by atoms with van der Waals surface area (Å²) in [7, 11) is 1.61. The van der Waals surface area contributed by atoms with Crippen molar-refractivity contribution in [1.29, 1.82) is 0 Å². The lowest BCUT2D eigenvalue weighted by Crippen LogP contribution is -2.13. The van der Waals surface area contributed by atoms with Crippen molar-refractivity contribution in [3.05, 3.63) is 16.3 Å². The van der Waals surface area contributed by atoms with Crippen LogP contribution in [0.5, 0.6) is 5.75 Å². The number of carbonyl (C=O) groups is 1. The third kappa shape index (κ3) is 1.81. The molecule has 0 aromatic carbocycles. The molecule has 1 aliphatic heterocycles. The Morgan fingerprint density at radius 1 is 1.64 bits per heavy atom. The third-order valence-electron chi connectivity index (χ3n) is 2.37. The van der Waals surface area contributed by atoms with Gasteiger partial charge in [0, 0.05) is 11.7 Å². The van der Waals surface area contributed by atoms with Crippen molar-refractivity contribution < 1.29 is 9.53 Å². The molecule has 2 nitrogen and oxygen atoms in total. The number of thioether (sulfide) groups is 1. The van der Waals surface area contributed by atoms with Crippen LogP contribution in [0.3, 0.4) is 0 Å². The Bertz CT molecular complexity index is 327. The maximum atomic E-state index is 12.0. The topological polar surface area (TPSA) is 26.3 Å². The van der Waals surface area contributed by atoms with Crippen molar-refractivity contribution in [2.75, 3.05) is 18.6 Å². The van der Waals surface area contributed by atoms with Crippen LogP contribution < -0.4 is 4.74 Å². The minimum absolute atomic E-state index is 0.215. The van der Waals surface area contributed by atoms with E-state index in [1.807, 2.05) is 23.2 Å². The summed E-state index contributed by atoms with van der Waals surface area (Å²) >= 11 is 3.35. The van der Waals surface area contributed by atoms with E-state index in [0.717, 1.165) is 28.6 Å². The van der Waals surface area contributed by atoms with Crippen LogP contribution >= 0.6 is 23.1 Å².